The Bertz CT molecular complexity index is 466. The first-order valence-electron chi connectivity index (χ1n) is 6.79. The van der Waals surface area contributed by atoms with Crippen molar-refractivity contribution >= 4 is 11.7 Å². The molecule has 0 aromatic heterocycles. The van der Waals surface area contributed by atoms with Crippen LogP contribution in [0.2, 0.25) is 0 Å². The average molecular weight is 277 g/mol. The first-order chi connectivity index (χ1) is 9.18. The molecule has 0 bridgehead atoms. The fourth-order valence-corrected chi connectivity index (χ4v) is 1.41. The first-order valence-corrected chi connectivity index (χ1v) is 6.79. The van der Waals surface area contributed by atoms with Gasteiger partial charge in [-0.1, -0.05) is 30.7 Å². The normalized spacial score (nSPS) is 11.9. The van der Waals surface area contributed by atoms with Crippen molar-refractivity contribution in [3.05, 3.63) is 35.1 Å². The average Bonchev–Trinajstić information content (AvgIpc) is 2.36. The molecule has 0 saturated heterocycles. The fourth-order valence-electron chi connectivity index (χ4n) is 1.41. The molecule has 0 aliphatic rings. The Morgan fingerprint density at radius 2 is 1.80 bits per heavy atom. The Balaban J connectivity index is 4.91. The van der Waals surface area contributed by atoms with Crippen molar-refractivity contribution in [2.45, 2.75) is 48.0 Å². The highest BCUT2D eigenvalue weighted by Crippen LogP contribution is 2.15. The number of carbonyl (C=O) groups excluding carboxylic acids is 1. The second-order valence-electron chi connectivity index (χ2n) is 5.07. The maximum Gasteiger partial charge on any atom is 0.225 e. The fraction of sp³-hybridized carbons (Fsp3) is 0.500. The van der Waals surface area contributed by atoms with E-state index in [0.29, 0.717) is 12.3 Å². The molecule has 4 nitrogen and oxygen atoms in total. The molecule has 1 amide bonds. The third kappa shape index (κ3) is 6.36. The Kier molecular flexibility index (Phi) is 7.59. The topological polar surface area (TPSA) is 44.7 Å². The van der Waals surface area contributed by atoms with Gasteiger partial charge in [0, 0.05) is 13.5 Å². The highest BCUT2D eigenvalue weighted by molar-refractivity contribution is 5.96. The van der Waals surface area contributed by atoms with Crippen LogP contribution in [0.15, 0.2) is 40.2 Å². The van der Waals surface area contributed by atoms with Crippen molar-refractivity contribution < 1.29 is 4.79 Å². The number of allylic oxidation sites excluding steroid dienone is 4. The predicted octanol–water partition coefficient (Wildman–Crippen LogP) is 3.59. The van der Waals surface area contributed by atoms with E-state index in [-0.39, 0.29) is 5.91 Å². The lowest BCUT2D eigenvalue weighted by molar-refractivity contribution is -0.119. The third-order valence-electron chi connectivity index (χ3n) is 3.01. The summed E-state index contributed by atoms with van der Waals surface area (Å²) in [5, 5.41) is 8.69. The SMILES string of the molecule is C=C(/C(C)=C/C(C)=C(C)C)N(C)/N=C(\C)NC(=O)CC. The summed E-state index contributed by atoms with van der Waals surface area (Å²) in [7, 11) is 1.82. The monoisotopic (exact) mass is 277 g/mol. The summed E-state index contributed by atoms with van der Waals surface area (Å²) in [4.78, 5) is 11.3. The number of nitrogens with one attached hydrogen (secondary N) is 1. The standard InChI is InChI=1S/C16H27N3O/c1-9-16(20)17-15(7)18-19(8)14(6)13(5)10-12(4)11(2)3/h10H,6,9H2,1-5,7-8H3,(H,17,18,20)/b13-10+. The lowest BCUT2D eigenvalue weighted by Crippen LogP contribution is -2.29. The quantitative estimate of drug-likeness (QED) is 0.361. The Morgan fingerprint density at radius 1 is 1.25 bits per heavy atom. The lowest BCUT2D eigenvalue weighted by Gasteiger charge is -2.18. The van der Waals surface area contributed by atoms with E-state index >= 15 is 0 Å². The molecule has 4 heteroatoms. The van der Waals surface area contributed by atoms with E-state index in [1.165, 1.54) is 11.1 Å². The largest absolute Gasteiger partial charge is 0.313 e. The van der Waals surface area contributed by atoms with Crippen LogP contribution in [-0.4, -0.2) is 23.8 Å². The number of amides is 1. The van der Waals surface area contributed by atoms with Crippen molar-refractivity contribution in [1.29, 1.82) is 0 Å². The summed E-state index contributed by atoms with van der Waals surface area (Å²) < 4.78 is 0. The summed E-state index contributed by atoms with van der Waals surface area (Å²) in [5.41, 5.74) is 4.34. The van der Waals surface area contributed by atoms with Gasteiger partial charge in [0.1, 0.15) is 5.84 Å². The molecule has 0 fully saturated rings. The minimum atomic E-state index is -0.0436. The van der Waals surface area contributed by atoms with Gasteiger partial charge in [-0.05, 0) is 40.2 Å². The first kappa shape index (κ1) is 18.2. The van der Waals surface area contributed by atoms with Crippen LogP contribution in [0.3, 0.4) is 0 Å². The number of carbonyl (C=O) groups is 1. The molecule has 112 valence electrons. The van der Waals surface area contributed by atoms with E-state index in [2.05, 4.69) is 43.8 Å². The van der Waals surface area contributed by atoms with E-state index in [0.717, 1.165) is 11.3 Å². The van der Waals surface area contributed by atoms with Gasteiger partial charge in [-0.15, -0.1) is 0 Å². The van der Waals surface area contributed by atoms with Crippen molar-refractivity contribution in [3.63, 3.8) is 0 Å². The van der Waals surface area contributed by atoms with Crippen LogP contribution >= 0.6 is 0 Å². The van der Waals surface area contributed by atoms with Crippen molar-refractivity contribution in [2.24, 2.45) is 5.10 Å². The Hall–Kier alpha value is -1.84. The highest BCUT2D eigenvalue weighted by atomic mass is 16.1. The molecule has 0 atom stereocenters. The van der Waals surface area contributed by atoms with Gasteiger partial charge in [0.05, 0.1) is 5.70 Å². The van der Waals surface area contributed by atoms with Crippen LogP contribution in [0.5, 0.6) is 0 Å². The van der Waals surface area contributed by atoms with E-state index in [9.17, 15) is 4.79 Å². The molecule has 0 aromatic carbocycles. The summed E-state index contributed by atoms with van der Waals surface area (Å²) in [6, 6.07) is 0. The molecule has 0 aliphatic heterocycles. The van der Waals surface area contributed by atoms with E-state index in [1.807, 2.05) is 14.0 Å². The molecule has 0 radical (unpaired) electrons. The zero-order valence-electron chi connectivity index (χ0n) is 13.8. The molecular formula is C16H27N3O. The van der Waals surface area contributed by atoms with Gasteiger partial charge in [0.2, 0.25) is 5.91 Å². The molecule has 0 rings (SSSR count). The molecule has 0 aliphatic carbocycles. The summed E-state index contributed by atoms with van der Waals surface area (Å²) in [5.74, 6) is 0.519. The number of rotatable bonds is 5. The van der Waals surface area contributed by atoms with Crippen LogP contribution in [0.4, 0.5) is 0 Å². The van der Waals surface area contributed by atoms with Gasteiger partial charge >= 0.3 is 0 Å². The molecule has 20 heavy (non-hydrogen) atoms. The van der Waals surface area contributed by atoms with Crippen LogP contribution in [0, 0.1) is 0 Å². The number of nitrogens with zero attached hydrogens (tertiary/aromatic N) is 2. The van der Waals surface area contributed by atoms with Gasteiger partial charge < -0.3 is 5.32 Å². The van der Waals surface area contributed by atoms with Crippen molar-refractivity contribution in [3.8, 4) is 0 Å². The minimum Gasteiger partial charge on any atom is -0.313 e. The van der Waals surface area contributed by atoms with E-state index < -0.39 is 0 Å². The zero-order valence-corrected chi connectivity index (χ0v) is 13.8. The number of hydrazone groups is 1. The molecule has 0 unspecified atom stereocenters. The number of amidine groups is 1. The van der Waals surface area contributed by atoms with Gasteiger partial charge in [0.25, 0.3) is 0 Å². The van der Waals surface area contributed by atoms with Crippen LogP contribution < -0.4 is 5.32 Å². The van der Waals surface area contributed by atoms with Crippen LogP contribution in [0.1, 0.15) is 48.0 Å². The zero-order chi connectivity index (χ0) is 15.9. The smallest absolute Gasteiger partial charge is 0.225 e. The van der Waals surface area contributed by atoms with Gasteiger partial charge in [-0.25, -0.2) is 0 Å². The molecule has 0 aromatic rings. The molecule has 0 spiro atoms. The Labute approximate surface area is 122 Å². The second kappa shape index (κ2) is 8.35. The number of likely N-dealkylation sites (N-methyl/N-ethyl adjacent to an activating group) is 1. The van der Waals surface area contributed by atoms with Crippen LogP contribution in [-0.2, 0) is 4.79 Å². The van der Waals surface area contributed by atoms with Gasteiger partial charge in [-0.3, -0.25) is 9.80 Å². The summed E-state index contributed by atoms with van der Waals surface area (Å²) in [6.07, 6.45) is 2.53. The van der Waals surface area contributed by atoms with Gasteiger partial charge in [0.15, 0.2) is 0 Å². The Morgan fingerprint density at radius 3 is 2.25 bits per heavy atom. The third-order valence-corrected chi connectivity index (χ3v) is 3.01. The summed E-state index contributed by atoms with van der Waals surface area (Å²) >= 11 is 0. The minimum absolute atomic E-state index is 0.0436. The molecule has 1 N–H and O–H groups in total. The van der Waals surface area contributed by atoms with E-state index in [4.69, 9.17) is 0 Å². The number of hydrogen-bond acceptors (Lipinski definition) is 3. The number of hydrogen-bond donors (Lipinski definition) is 1. The van der Waals surface area contributed by atoms with Crippen molar-refractivity contribution in [2.75, 3.05) is 7.05 Å². The second-order valence-corrected chi connectivity index (χ2v) is 5.07. The highest BCUT2D eigenvalue weighted by Gasteiger charge is 2.05. The maximum atomic E-state index is 11.3. The van der Waals surface area contributed by atoms with Gasteiger partial charge in [-0.2, -0.15) is 5.10 Å². The maximum absolute atomic E-state index is 11.3. The van der Waals surface area contributed by atoms with E-state index in [1.54, 1.807) is 18.9 Å². The van der Waals surface area contributed by atoms with Crippen molar-refractivity contribution in [1.82, 2.24) is 10.3 Å². The predicted molar refractivity (Wildman–Crippen MR) is 86.3 cm³/mol. The molecular weight excluding hydrogens is 250 g/mol. The molecule has 0 heterocycles. The summed E-state index contributed by atoms with van der Waals surface area (Å²) in [6.45, 7) is 15.8. The van der Waals surface area contributed by atoms with Crippen LogP contribution in [0.25, 0.3) is 0 Å². The molecule has 0 saturated carbocycles. The lowest BCUT2D eigenvalue weighted by atomic mass is 10.1.